The van der Waals surface area contributed by atoms with E-state index in [4.69, 9.17) is 4.74 Å². The minimum Gasteiger partial charge on any atom is -0.453 e. The van der Waals surface area contributed by atoms with Gasteiger partial charge in [0.2, 0.25) is 0 Å². The first-order valence-electron chi connectivity index (χ1n) is 14.3. The van der Waals surface area contributed by atoms with Gasteiger partial charge in [0.15, 0.2) is 18.8 Å². The van der Waals surface area contributed by atoms with Crippen LogP contribution in [-0.2, 0) is 0 Å². The lowest BCUT2D eigenvalue weighted by molar-refractivity contribution is 0.481. The van der Waals surface area contributed by atoms with E-state index >= 15 is 0 Å². The Morgan fingerprint density at radius 3 is 2.38 bits per heavy atom. The lowest BCUT2D eigenvalue weighted by Crippen LogP contribution is -2.62. The van der Waals surface area contributed by atoms with Crippen LogP contribution in [0.2, 0.25) is 13.1 Å². The highest BCUT2D eigenvalue weighted by Crippen LogP contribution is 2.48. The van der Waals surface area contributed by atoms with Crippen LogP contribution in [-0.4, -0.2) is 15.4 Å². The number of nitrogens with one attached hydrogen (secondary N) is 1. The van der Waals surface area contributed by atoms with Crippen molar-refractivity contribution >= 4 is 65.1 Å². The number of hydrogen-bond acceptors (Lipinski definition) is 3. The van der Waals surface area contributed by atoms with Gasteiger partial charge in [0.25, 0.3) is 0 Å². The summed E-state index contributed by atoms with van der Waals surface area (Å²) < 4.78 is 6.39. The summed E-state index contributed by atoms with van der Waals surface area (Å²) in [6.45, 7) is 9.60. The number of fused-ring (bicyclic) bond motifs is 6. The van der Waals surface area contributed by atoms with Crippen molar-refractivity contribution in [3.8, 4) is 22.6 Å². The molecule has 0 bridgehead atoms. The van der Waals surface area contributed by atoms with Gasteiger partial charge < -0.3 is 15.0 Å². The lowest BCUT2D eigenvalue weighted by atomic mass is 9.58. The molecule has 0 aliphatic carbocycles. The Balaban J connectivity index is 1.41. The van der Waals surface area contributed by atoms with Gasteiger partial charge in [0.1, 0.15) is 8.07 Å². The second kappa shape index (κ2) is 8.39. The molecule has 3 aliphatic heterocycles. The average Bonchev–Trinajstić information content (AvgIpc) is 2.97. The molecule has 5 aromatic carbocycles. The van der Waals surface area contributed by atoms with Gasteiger partial charge in [-0.3, -0.25) is 0 Å². The Morgan fingerprint density at radius 1 is 0.750 bits per heavy atom. The average molecular weight is 535 g/mol. The van der Waals surface area contributed by atoms with Crippen LogP contribution in [0.4, 0.5) is 28.4 Å². The maximum absolute atomic E-state index is 6.39. The Bertz CT molecular complexity index is 1860. The van der Waals surface area contributed by atoms with Crippen molar-refractivity contribution in [2.24, 2.45) is 0 Å². The van der Waals surface area contributed by atoms with Crippen LogP contribution in [0.5, 0.6) is 11.5 Å². The Labute approximate surface area is 237 Å². The van der Waals surface area contributed by atoms with E-state index in [-0.39, 0.29) is 0 Å². The van der Waals surface area contributed by atoms with E-state index in [2.05, 4.69) is 122 Å². The predicted molar refractivity (Wildman–Crippen MR) is 174 cm³/mol. The maximum atomic E-state index is 6.39. The molecule has 0 spiro atoms. The summed E-state index contributed by atoms with van der Waals surface area (Å²) in [5.41, 5.74) is 12.7. The zero-order chi connectivity index (χ0) is 27.2. The van der Waals surface area contributed by atoms with E-state index in [1.165, 1.54) is 55.1 Å². The lowest BCUT2D eigenvalue weighted by Gasteiger charge is -2.45. The molecule has 5 aromatic rings. The highest BCUT2D eigenvalue weighted by atomic mass is 28.3. The molecule has 0 radical (unpaired) electrons. The summed E-state index contributed by atoms with van der Waals surface area (Å²) in [4.78, 5) is 2.58. The van der Waals surface area contributed by atoms with Gasteiger partial charge in [-0.25, -0.2) is 0 Å². The number of benzene rings is 5. The van der Waals surface area contributed by atoms with Crippen LogP contribution in [0.1, 0.15) is 25.3 Å². The molecular formula is C35H31BN2OSi. The quantitative estimate of drug-likeness (QED) is 0.252. The molecule has 0 amide bonds. The van der Waals surface area contributed by atoms with Gasteiger partial charge in [-0.15, -0.1) is 0 Å². The number of anilines is 5. The van der Waals surface area contributed by atoms with E-state index in [9.17, 15) is 0 Å². The topological polar surface area (TPSA) is 24.5 Å². The second-order valence-corrected chi connectivity index (χ2v) is 16.4. The van der Waals surface area contributed by atoms with Crippen molar-refractivity contribution in [3.05, 3.63) is 103 Å². The molecule has 3 aliphatic rings. The number of para-hydroxylation sites is 5. The molecule has 1 N–H and O–H groups in total. The summed E-state index contributed by atoms with van der Waals surface area (Å²) in [5, 5.41) is 6.76. The van der Waals surface area contributed by atoms with Gasteiger partial charge in [-0.05, 0) is 63.2 Å². The SMILES string of the molecule is CC(C)c1cc(-c2cccc3c2Nc2ccccc2O3)c2c(c1)N1c3ccccc3[Si](C)(C)c3cccc(c31)B2. The first kappa shape index (κ1) is 23.7. The van der Waals surface area contributed by atoms with E-state index in [1.807, 2.05) is 12.1 Å². The summed E-state index contributed by atoms with van der Waals surface area (Å²) in [5.74, 6) is 2.13. The molecule has 0 saturated heterocycles. The number of ether oxygens (including phenoxy) is 1. The first-order chi connectivity index (χ1) is 19.4. The number of nitrogens with zero attached hydrogens (tertiary/aromatic N) is 1. The largest absolute Gasteiger partial charge is 0.453 e. The second-order valence-electron chi connectivity index (χ2n) is 12.1. The predicted octanol–water partition coefficient (Wildman–Crippen LogP) is 6.63. The van der Waals surface area contributed by atoms with E-state index in [0.717, 1.165) is 30.2 Å². The first-order valence-corrected chi connectivity index (χ1v) is 17.3. The van der Waals surface area contributed by atoms with Crippen LogP contribution in [0.3, 0.4) is 0 Å². The monoisotopic (exact) mass is 534 g/mol. The summed E-state index contributed by atoms with van der Waals surface area (Å²) in [6, 6.07) is 35.6. The third-order valence-corrected chi connectivity index (χ3v) is 12.6. The molecule has 3 nitrogen and oxygen atoms in total. The third-order valence-electron chi connectivity index (χ3n) is 9.04. The summed E-state index contributed by atoms with van der Waals surface area (Å²) >= 11 is 0. The number of hydrogen-bond donors (Lipinski definition) is 1. The zero-order valence-electron chi connectivity index (χ0n) is 23.4. The molecule has 0 atom stereocenters. The minimum atomic E-state index is -1.84. The summed E-state index contributed by atoms with van der Waals surface area (Å²) in [6.07, 6.45) is 0. The van der Waals surface area contributed by atoms with Crippen LogP contribution in [0.25, 0.3) is 11.1 Å². The highest BCUT2D eigenvalue weighted by molar-refractivity contribution is 7.03. The van der Waals surface area contributed by atoms with Crippen LogP contribution in [0, 0.1) is 0 Å². The van der Waals surface area contributed by atoms with Crippen molar-refractivity contribution in [2.45, 2.75) is 32.9 Å². The highest BCUT2D eigenvalue weighted by Gasteiger charge is 2.42. The fraction of sp³-hybridized carbons (Fsp3) is 0.143. The smallest absolute Gasteiger partial charge is 0.198 e. The Kier molecular flexibility index (Phi) is 4.96. The molecule has 0 saturated carbocycles. The zero-order valence-corrected chi connectivity index (χ0v) is 24.4. The standard InChI is InChI=1S/C35H31BN2OSi/c1-21(2)22-19-24(23-11-9-16-30-34(23)37-26-13-5-7-15-29(26)39-30)33-28(20-22)38-27-14-6-8-17-31(27)40(3,4)32-18-10-12-25(36-33)35(32)38/h5-21,36-37H,1-4H3. The maximum Gasteiger partial charge on any atom is 0.198 e. The van der Waals surface area contributed by atoms with Crippen LogP contribution in [0.15, 0.2) is 97.1 Å². The van der Waals surface area contributed by atoms with Crippen LogP contribution >= 0.6 is 0 Å². The van der Waals surface area contributed by atoms with Crippen molar-refractivity contribution in [1.29, 1.82) is 0 Å². The van der Waals surface area contributed by atoms with Crippen molar-refractivity contribution in [2.75, 3.05) is 10.2 Å². The molecule has 0 unspecified atom stereocenters. The van der Waals surface area contributed by atoms with E-state index < -0.39 is 8.07 Å². The summed E-state index contributed by atoms with van der Waals surface area (Å²) in [7, 11) is -0.930. The van der Waals surface area contributed by atoms with Gasteiger partial charge >= 0.3 is 0 Å². The van der Waals surface area contributed by atoms with Gasteiger partial charge in [0, 0.05) is 22.6 Å². The molecule has 0 fully saturated rings. The third kappa shape index (κ3) is 3.24. The molecular weight excluding hydrogens is 503 g/mol. The van der Waals surface area contributed by atoms with Crippen molar-refractivity contribution < 1.29 is 4.74 Å². The van der Waals surface area contributed by atoms with Gasteiger partial charge in [0.05, 0.1) is 11.4 Å². The Morgan fingerprint density at radius 2 is 1.50 bits per heavy atom. The van der Waals surface area contributed by atoms with Crippen LogP contribution < -0.4 is 36.3 Å². The number of rotatable bonds is 2. The van der Waals surface area contributed by atoms with E-state index in [1.54, 1.807) is 0 Å². The van der Waals surface area contributed by atoms with Gasteiger partial charge in [-0.1, -0.05) is 99.1 Å². The normalized spacial score (nSPS) is 15.0. The molecule has 40 heavy (non-hydrogen) atoms. The van der Waals surface area contributed by atoms with Crippen molar-refractivity contribution in [3.63, 3.8) is 0 Å². The van der Waals surface area contributed by atoms with Gasteiger partial charge in [-0.2, -0.15) is 0 Å². The molecule has 194 valence electrons. The Hall–Kier alpha value is -4.22. The fourth-order valence-electron chi connectivity index (χ4n) is 6.92. The molecule has 8 rings (SSSR count). The molecule has 0 aromatic heterocycles. The molecule has 5 heteroatoms. The molecule has 3 heterocycles. The fourth-order valence-corrected chi connectivity index (χ4v) is 9.94. The minimum absolute atomic E-state index is 0.399. The van der Waals surface area contributed by atoms with E-state index in [0.29, 0.717) is 5.92 Å². The van der Waals surface area contributed by atoms with Crippen molar-refractivity contribution in [1.82, 2.24) is 0 Å².